The molecule has 1 heterocycles. The highest BCUT2D eigenvalue weighted by molar-refractivity contribution is 5.00. The largest absolute Gasteiger partial charge is 0.388 e. The SMILES string of the molecule is CCCOC1C(N)CC(N)C(OC2OC(CN)C(O)C(O)C2N)C1O. The summed E-state index contributed by atoms with van der Waals surface area (Å²) < 4.78 is 17.0. The Kier molecular flexibility index (Phi) is 7.52. The Morgan fingerprint density at radius 3 is 2.24 bits per heavy atom. The Labute approximate surface area is 147 Å². The first-order valence-electron chi connectivity index (χ1n) is 8.75. The molecule has 10 unspecified atom stereocenters. The minimum Gasteiger partial charge on any atom is -0.388 e. The van der Waals surface area contributed by atoms with Crippen LogP contribution in [0.2, 0.25) is 0 Å². The predicted octanol–water partition coefficient (Wildman–Crippen LogP) is -3.68. The summed E-state index contributed by atoms with van der Waals surface area (Å²) in [7, 11) is 0. The van der Waals surface area contributed by atoms with Gasteiger partial charge in [-0.3, -0.25) is 0 Å². The van der Waals surface area contributed by atoms with E-state index in [1.165, 1.54) is 0 Å². The molecule has 0 amide bonds. The summed E-state index contributed by atoms with van der Waals surface area (Å²) in [6.45, 7) is 2.39. The van der Waals surface area contributed by atoms with E-state index < -0.39 is 61.0 Å². The molecule has 148 valence electrons. The first-order chi connectivity index (χ1) is 11.8. The molecule has 1 saturated carbocycles. The Morgan fingerprint density at radius 2 is 1.64 bits per heavy atom. The number of nitrogens with two attached hydrogens (primary N) is 4. The van der Waals surface area contributed by atoms with Crippen LogP contribution in [0.5, 0.6) is 0 Å². The molecule has 25 heavy (non-hydrogen) atoms. The quantitative estimate of drug-likeness (QED) is 0.247. The molecular formula is C15H32N4O6. The van der Waals surface area contributed by atoms with Crippen LogP contribution in [0.25, 0.3) is 0 Å². The summed E-state index contributed by atoms with van der Waals surface area (Å²) >= 11 is 0. The van der Waals surface area contributed by atoms with E-state index in [1.807, 2.05) is 6.92 Å². The zero-order chi connectivity index (χ0) is 18.7. The molecule has 2 aliphatic rings. The highest BCUT2D eigenvalue weighted by Gasteiger charge is 2.48. The van der Waals surface area contributed by atoms with Gasteiger partial charge in [0.15, 0.2) is 6.29 Å². The summed E-state index contributed by atoms with van der Waals surface area (Å²) in [6.07, 6.45) is -5.72. The molecule has 0 spiro atoms. The molecule has 0 radical (unpaired) electrons. The molecule has 11 N–H and O–H groups in total. The van der Waals surface area contributed by atoms with E-state index in [0.29, 0.717) is 13.0 Å². The first kappa shape index (κ1) is 20.9. The highest BCUT2D eigenvalue weighted by Crippen LogP contribution is 2.28. The van der Waals surface area contributed by atoms with Gasteiger partial charge in [0.1, 0.15) is 36.6 Å². The molecule has 0 aromatic rings. The molecule has 10 nitrogen and oxygen atoms in total. The van der Waals surface area contributed by atoms with Crippen LogP contribution < -0.4 is 22.9 Å². The average molecular weight is 364 g/mol. The standard InChI is InChI=1S/C15H32N4O6/c1-2-3-23-13-6(17)4-7(18)14(12(13)22)25-15-9(19)11(21)10(20)8(5-16)24-15/h6-15,20-22H,2-5,16-19H2,1H3. The maximum atomic E-state index is 10.6. The van der Waals surface area contributed by atoms with Crippen LogP contribution in [0.3, 0.4) is 0 Å². The highest BCUT2D eigenvalue weighted by atomic mass is 16.7. The molecule has 1 aliphatic heterocycles. The second-order valence-electron chi connectivity index (χ2n) is 6.83. The smallest absolute Gasteiger partial charge is 0.176 e. The normalized spacial score (nSPS) is 48.5. The number of hydrogen-bond donors (Lipinski definition) is 7. The molecule has 0 bridgehead atoms. The van der Waals surface area contributed by atoms with Crippen LogP contribution in [0.15, 0.2) is 0 Å². The third kappa shape index (κ3) is 4.48. The van der Waals surface area contributed by atoms with E-state index in [1.54, 1.807) is 0 Å². The minimum absolute atomic E-state index is 0.0167. The van der Waals surface area contributed by atoms with Crippen LogP contribution in [-0.4, -0.2) is 89.5 Å². The molecule has 2 fully saturated rings. The van der Waals surface area contributed by atoms with E-state index in [2.05, 4.69) is 0 Å². The topological polar surface area (TPSA) is 192 Å². The van der Waals surface area contributed by atoms with E-state index in [-0.39, 0.29) is 6.54 Å². The maximum Gasteiger partial charge on any atom is 0.176 e. The second kappa shape index (κ2) is 9.00. The van der Waals surface area contributed by atoms with Crippen LogP contribution in [0.4, 0.5) is 0 Å². The second-order valence-corrected chi connectivity index (χ2v) is 6.83. The van der Waals surface area contributed by atoms with Crippen LogP contribution in [0, 0.1) is 0 Å². The van der Waals surface area contributed by atoms with Crippen LogP contribution >= 0.6 is 0 Å². The lowest BCUT2D eigenvalue weighted by Gasteiger charge is -2.46. The van der Waals surface area contributed by atoms with Crippen molar-refractivity contribution >= 4 is 0 Å². The van der Waals surface area contributed by atoms with E-state index in [9.17, 15) is 15.3 Å². The van der Waals surface area contributed by atoms with Gasteiger partial charge in [-0.1, -0.05) is 6.92 Å². The van der Waals surface area contributed by atoms with Gasteiger partial charge in [-0.05, 0) is 12.8 Å². The number of aliphatic hydroxyl groups is 3. The Morgan fingerprint density at radius 1 is 1.00 bits per heavy atom. The Balaban J connectivity index is 2.08. The van der Waals surface area contributed by atoms with Gasteiger partial charge in [-0.15, -0.1) is 0 Å². The van der Waals surface area contributed by atoms with Crippen molar-refractivity contribution in [3.63, 3.8) is 0 Å². The van der Waals surface area contributed by atoms with E-state index >= 15 is 0 Å². The van der Waals surface area contributed by atoms with Crippen molar-refractivity contribution in [2.75, 3.05) is 13.2 Å². The van der Waals surface area contributed by atoms with Crippen molar-refractivity contribution in [3.8, 4) is 0 Å². The summed E-state index contributed by atoms with van der Waals surface area (Å²) in [5.41, 5.74) is 23.6. The number of hydrogen-bond acceptors (Lipinski definition) is 10. The number of aliphatic hydroxyl groups excluding tert-OH is 3. The maximum absolute atomic E-state index is 10.6. The first-order valence-corrected chi connectivity index (χ1v) is 8.75. The van der Waals surface area contributed by atoms with E-state index in [4.69, 9.17) is 37.1 Å². The van der Waals surface area contributed by atoms with Gasteiger partial charge in [0.2, 0.25) is 0 Å². The molecule has 10 heteroatoms. The molecular weight excluding hydrogens is 332 g/mol. The van der Waals surface area contributed by atoms with Crippen molar-refractivity contribution in [1.29, 1.82) is 0 Å². The molecule has 2 rings (SSSR count). The summed E-state index contributed by atoms with van der Waals surface area (Å²) in [5, 5.41) is 30.6. The summed E-state index contributed by atoms with van der Waals surface area (Å²) in [4.78, 5) is 0. The minimum atomic E-state index is -1.27. The fourth-order valence-corrected chi connectivity index (χ4v) is 3.36. The predicted molar refractivity (Wildman–Crippen MR) is 89.2 cm³/mol. The molecule has 1 saturated heterocycles. The summed E-state index contributed by atoms with van der Waals surface area (Å²) in [5.74, 6) is 0. The van der Waals surface area contributed by atoms with Crippen molar-refractivity contribution in [2.24, 2.45) is 22.9 Å². The third-order valence-electron chi connectivity index (χ3n) is 4.85. The van der Waals surface area contributed by atoms with Crippen LogP contribution in [-0.2, 0) is 14.2 Å². The number of rotatable bonds is 6. The number of ether oxygens (including phenoxy) is 3. The summed E-state index contributed by atoms with van der Waals surface area (Å²) in [6, 6.07) is -1.98. The fraction of sp³-hybridized carbons (Fsp3) is 1.00. The zero-order valence-electron chi connectivity index (χ0n) is 14.5. The van der Waals surface area contributed by atoms with Crippen molar-refractivity contribution < 1.29 is 29.5 Å². The molecule has 0 aromatic carbocycles. The van der Waals surface area contributed by atoms with Gasteiger partial charge in [0, 0.05) is 25.2 Å². The third-order valence-corrected chi connectivity index (χ3v) is 4.85. The average Bonchev–Trinajstić information content (AvgIpc) is 2.58. The Hall–Kier alpha value is -0.400. The molecule has 1 aliphatic carbocycles. The van der Waals surface area contributed by atoms with Gasteiger partial charge >= 0.3 is 0 Å². The van der Waals surface area contributed by atoms with E-state index in [0.717, 1.165) is 6.42 Å². The lowest BCUT2D eigenvalue weighted by atomic mass is 9.84. The van der Waals surface area contributed by atoms with Gasteiger partial charge < -0.3 is 52.5 Å². The monoisotopic (exact) mass is 364 g/mol. The van der Waals surface area contributed by atoms with Crippen molar-refractivity contribution in [1.82, 2.24) is 0 Å². The molecule has 10 atom stereocenters. The van der Waals surface area contributed by atoms with Crippen LogP contribution in [0.1, 0.15) is 19.8 Å². The van der Waals surface area contributed by atoms with Gasteiger partial charge in [0.05, 0.1) is 6.04 Å². The van der Waals surface area contributed by atoms with Gasteiger partial charge in [0.25, 0.3) is 0 Å². The Bertz CT molecular complexity index is 417. The zero-order valence-corrected chi connectivity index (χ0v) is 14.5. The molecule has 0 aromatic heterocycles. The lowest BCUT2D eigenvalue weighted by Crippen LogP contribution is -2.67. The van der Waals surface area contributed by atoms with Crippen molar-refractivity contribution in [2.45, 2.75) is 80.8 Å². The van der Waals surface area contributed by atoms with Gasteiger partial charge in [-0.2, -0.15) is 0 Å². The van der Waals surface area contributed by atoms with Crippen molar-refractivity contribution in [3.05, 3.63) is 0 Å². The lowest BCUT2D eigenvalue weighted by molar-refractivity contribution is -0.289. The van der Waals surface area contributed by atoms with Gasteiger partial charge in [-0.25, -0.2) is 0 Å². The fourth-order valence-electron chi connectivity index (χ4n) is 3.36.